The van der Waals surface area contributed by atoms with Crippen molar-refractivity contribution in [2.75, 3.05) is 0 Å². The van der Waals surface area contributed by atoms with Crippen LogP contribution in [0.2, 0.25) is 0 Å². The largest absolute Gasteiger partial charge is 0.465 e. The number of thioether (sulfide) groups is 3. The lowest BCUT2D eigenvalue weighted by atomic mass is 10.0. The van der Waals surface area contributed by atoms with Crippen molar-refractivity contribution in [1.82, 2.24) is 4.98 Å². The standard InChI is InChI=1S/C30H21NOS3/c1-3-11-21(12-4-1)29(32-24-15-7-8-16-25(24)33-29)28-19-23(20-31-28)30(22-13-5-2-6-14-22)34-26-17-9-10-18-27(26)35-30/h1-20,31H. The Labute approximate surface area is 217 Å². The molecule has 1 aromatic heterocycles. The molecule has 3 heterocycles. The smallest absolute Gasteiger partial charge is 0.225 e. The second-order valence-electron chi connectivity index (χ2n) is 8.57. The van der Waals surface area contributed by atoms with Crippen molar-refractivity contribution in [2.24, 2.45) is 0 Å². The van der Waals surface area contributed by atoms with E-state index in [-0.39, 0.29) is 4.08 Å². The Morgan fingerprint density at radius 2 is 1.11 bits per heavy atom. The first-order chi connectivity index (χ1) is 17.3. The molecular weight excluding hydrogens is 487 g/mol. The van der Waals surface area contributed by atoms with Gasteiger partial charge in [0.2, 0.25) is 4.93 Å². The molecule has 0 saturated heterocycles. The van der Waals surface area contributed by atoms with Crippen molar-refractivity contribution in [3.8, 4) is 5.75 Å². The van der Waals surface area contributed by atoms with E-state index in [1.54, 1.807) is 11.8 Å². The van der Waals surface area contributed by atoms with Crippen molar-refractivity contribution in [3.63, 3.8) is 0 Å². The van der Waals surface area contributed by atoms with Crippen molar-refractivity contribution in [3.05, 3.63) is 144 Å². The van der Waals surface area contributed by atoms with Gasteiger partial charge in [-0.05, 0) is 35.9 Å². The third kappa shape index (κ3) is 3.37. The van der Waals surface area contributed by atoms with Crippen LogP contribution in [0.1, 0.15) is 22.4 Å². The van der Waals surface area contributed by atoms with E-state index in [0.717, 1.165) is 21.9 Å². The van der Waals surface area contributed by atoms with Crippen LogP contribution in [-0.4, -0.2) is 4.98 Å². The second-order valence-corrected chi connectivity index (χ2v) is 12.6. The van der Waals surface area contributed by atoms with E-state index in [1.807, 2.05) is 29.6 Å². The number of H-pyrrole nitrogens is 1. The fourth-order valence-electron chi connectivity index (χ4n) is 4.77. The van der Waals surface area contributed by atoms with Gasteiger partial charge in [-0.1, -0.05) is 120 Å². The molecule has 170 valence electrons. The molecule has 0 radical (unpaired) electrons. The number of benzene rings is 4. The lowest BCUT2D eigenvalue weighted by Crippen LogP contribution is -2.28. The van der Waals surface area contributed by atoms with Crippen LogP contribution >= 0.6 is 35.3 Å². The number of nitrogens with one attached hydrogen (secondary N) is 1. The Morgan fingerprint density at radius 3 is 1.77 bits per heavy atom. The topological polar surface area (TPSA) is 25.0 Å². The molecule has 5 aromatic rings. The highest BCUT2D eigenvalue weighted by atomic mass is 32.2. The van der Waals surface area contributed by atoms with E-state index in [1.165, 1.54) is 20.9 Å². The summed E-state index contributed by atoms with van der Waals surface area (Å²) in [6.45, 7) is 0. The van der Waals surface area contributed by atoms with Gasteiger partial charge in [0.05, 0.1) is 10.6 Å². The maximum absolute atomic E-state index is 6.76. The summed E-state index contributed by atoms with van der Waals surface area (Å²) >= 11 is 5.61. The molecule has 0 fully saturated rings. The third-order valence-electron chi connectivity index (χ3n) is 6.44. The number of hydrogen-bond donors (Lipinski definition) is 1. The summed E-state index contributed by atoms with van der Waals surface area (Å²) in [6, 6.07) is 40.7. The average Bonchev–Trinajstić information content (AvgIpc) is 3.66. The van der Waals surface area contributed by atoms with Gasteiger partial charge < -0.3 is 9.72 Å². The number of ether oxygens (including phenoxy) is 1. The lowest BCUT2D eigenvalue weighted by Gasteiger charge is -2.29. The normalized spacial score (nSPS) is 19.7. The molecule has 0 amide bonds. The van der Waals surface area contributed by atoms with Crippen LogP contribution in [-0.2, 0) is 9.01 Å². The molecule has 7 rings (SSSR count). The zero-order valence-electron chi connectivity index (χ0n) is 18.7. The van der Waals surface area contributed by atoms with Crippen molar-refractivity contribution in [1.29, 1.82) is 0 Å². The van der Waals surface area contributed by atoms with Gasteiger partial charge in [-0.3, -0.25) is 0 Å². The number of fused-ring (bicyclic) bond motifs is 2. The van der Waals surface area contributed by atoms with E-state index in [2.05, 4.69) is 120 Å². The number of hydrogen-bond acceptors (Lipinski definition) is 4. The summed E-state index contributed by atoms with van der Waals surface area (Å²) in [4.78, 5) is 6.78. The highest BCUT2D eigenvalue weighted by Gasteiger charge is 2.48. The van der Waals surface area contributed by atoms with Gasteiger partial charge in [0.25, 0.3) is 0 Å². The fraction of sp³-hybridized carbons (Fsp3) is 0.0667. The first kappa shape index (κ1) is 21.3. The molecule has 0 saturated carbocycles. The Balaban J connectivity index is 1.38. The molecule has 1 unspecified atom stereocenters. The quantitative estimate of drug-likeness (QED) is 0.264. The Bertz CT molecular complexity index is 1350. The first-order valence-electron chi connectivity index (χ1n) is 11.5. The van der Waals surface area contributed by atoms with Crippen molar-refractivity contribution in [2.45, 2.75) is 23.7 Å². The Hall–Kier alpha value is -2.99. The van der Waals surface area contributed by atoms with Crippen LogP contribution in [0.25, 0.3) is 0 Å². The lowest BCUT2D eigenvalue weighted by molar-refractivity contribution is 0.213. The minimum absolute atomic E-state index is 0.270. The van der Waals surface area contributed by atoms with E-state index in [0.29, 0.717) is 0 Å². The van der Waals surface area contributed by atoms with Gasteiger partial charge in [-0.25, -0.2) is 0 Å². The molecule has 2 aliphatic heterocycles. The first-order valence-corrected chi connectivity index (χ1v) is 14.0. The van der Waals surface area contributed by atoms with E-state index < -0.39 is 4.93 Å². The van der Waals surface area contributed by atoms with Crippen LogP contribution in [0.15, 0.2) is 136 Å². The van der Waals surface area contributed by atoms with Gasteiger partial charge in [0.1, 0.15) is 9.83 Å². The molecule has 0 spiro atoms. The van der Waals surface area contributed by atoms with Crippen LogP contribution in [0.4, 0.5) is 0 Å². The van der Waals surface area contributed by atoms with Crippen molar-refractivity contribution >= 4 is 35.3 Å². The SMILES string of the molecule is c1ccc(C2(c3cc(C4(c5ccccc5)Sc5ccccc5S4)c[nH]3)Oc3ccccc3S2)cc1. The highest BCUT2D eigenvalue weighted by molar-refractivity contribution is 8.20. The number of aromatic nitrogens is 1. The van der Waals surface area contributed by atoms with Crippen LogP contribution in [0.3, 0.4) is 0 Å². The van der Waals surface area contributed by atoms with Gasteiger partial charge in [0, 0.05) is 27.1 Å². The number of aromatic amines is 1. The monoisotopic (exact) mass is 507 g/mol. The molecule has 1 N–H and O–H groups in total. The van der Waals surface area contributed by atoms with Gasteiger partial charge >= 0.3 is 0 Å². The predicted molar refractivity (Wildman–Crippen MR) is 146 cm³/mol. The molecule has 2 aliphatic rings. The minimum atomic E-state index is -0.665. The van der Waals surface area contributed by atoms with Crippen LogP contribution in [0, 0.1) is 0 Å². The summed E-state index contributed by atoms with van der Waals surface area (Å²) in [5.41, 5.74) is 4.69. The Morgan fingerprint density at radius 1 is 0.543 bits per heavy atom. The average molecular weight is 508 g/mol. The molecule has 0 aliphatic carbocycles. The predicted octanol–water partition coefficient (Wildman–Crippen LogP) is 8.50. The molecule has 35 heavy (non-hydrogen) atoms. The van der Waals surface area contributed by atoms with Crippen LogP contribution in [0.5, 0.6) is 5.75 Å². The maximum Gasteiger partial charge on any atom is 0.225 e. The fourth-order valence-corrected chi connectivity index (χ4v) is 9.24. The summed E-state index contributed by atoms with van der Waals surface area (Å²) in [7, 11) is 0. The number of rotatable bonds is 4. The molecule has 1 atom stereocenters. The van der Waals surface area contributed by atoms with E-state index in [4.69, 9.17) is 4.74 Å². The Kier molecular flexibility index (Phi) is 5.05. The van der Waals surface area contributed by atoms with E-state index >= 15 is 0 Å². The summed E-state index contributed by atoms with van der Waals surface area (Å²) in [5.74, 6) is 0.923. The van der Waals surface area contributed by atoms with Crippen LogP contribution < -0.4 is 4.74 Å². The summed E-state index contributed by atoms with van der Waals surface area (Å²) < 4.78 is 6.49. The van der Waals surface area contributed by atoms with Gasteiger partial charge in [-0.15, -0.1) is 0 Å². The summed E-state index contributed by atoms with van der Waals surface area (Å²) in [6.07, 6.45) is 2.17. The zero-order valence-corrected chi connectivity index (χ0v) is 21.1. The van der Waals surface area contributed by atoms with E-state index in [9.17, 15) is 0 Å². The van der Waals surface area contributed by atoms with Gasteiger partial charge in [-0.2, -0.15) is 0 Å². The second kappa shape index (κ2) is 8.30. The van der Waals surface area contributed by atoms with Crippen molar-refractivity contribution < 1.29 is 4.74 Å². The molecule has 5 heteroatoms. The molecule has 4 aromatic carbocycles. The van der Waals surface area contributed by atoms with Gasteiger partial charge in [0.15, 0.2) is 0 Å². The minimum Gasteiger partial charge on any atom is -0.465 e. The zero-order chi connectivity index (χ0) is 23.3. The highest BCUT2D eigenvalue weighted by Crippen LogP contribution is 2.65. The third-order valence-corrected chi connectivity index (χ3v) is 11.1. The molecular formula is C30H21NOS3. The number of para-hydroxylation sites is 1. The summed E-state index contributed by atoms with van der Waals surface area (Å²) in [5, 5.41) is 0. The molecule has 0 bridgehead atoms. The molecule has 2 nitrogen and oxygen atoms in total. The maximum atomic E-state index is 6.76.